The number of nitrogens with zero attached hydrogens (tertiary/aromatic N) is 1. The van der Waals surface area contributed by atoms with Crippen LogP contribution in [0.4, 0.5) is 0 Å². The number of carbonyl (C=O) groups is 2. The van der Waals surface area contributed by atoms with Crippen LogP contribution in [-0.2, 0) is 4.79 Å². The van der Waals surface area contributed by atoms with Crippen LogP contribution in [0.15, 0.2) is 42.5 Å². The van der Waals surface area contributed by atoms with E-state index in [-0.39, 0.29) is 18.4 Å². The molecule has 2 aromatic carbocycles. The van der Waals surface area contributed by atoms with Crippen molar-refractivity contribution in [3.63, 3.8) is 0 Å². The minimum absolute atomic E-state index is 0.0364. The number of rotatable bonds is 9. The van der Waals surface area contributed by atoms with Gasteiger partial charge in [-0.25, -0.2) is 0 Å². The third-order valence-corrected chi connectivity index (χ3v) is 5.33. The number of hydrogen-bond donors (Lipinski definition) is 1. The lowest BCUT2D eigenvalue weighted by Crippen LogP contribution is -2.39. The molecule has 1 heterocycles. The Morgan fingerprint density at radius 3 is 2.42 bits per heavy atom. The standard InChI is InChI=1S/C24H30N2O5/c1-4-30-21-11-8-18(14-22(21)31-5-2)24(28)25-15-23(27)26-13-12-19(16-26)17-6-9-20(29-3)10-7-17/h6-11,14,19H,4-5,12-13,15-16H2,1-3H3,(H,25,28). The third kappa shape index (κ3) is 5.69. The molecule has 1 fully saturated rings. The SMILES string of the molecule is CCOc1ccc(C(=O)NCC(=O)N2CCC(c3ccc(OC)cc3)C2)cc1OCC. The largest absolute Gasteiger partial charge is 0.497 e. The third-order valence-electron chi connectivity index (χ3n) is 5.33. The lowest BCUT2D eigenvalue weighted by atomic mass is 9.98. The first kappa shape index (κ1) is 22.5. The van der Waals surface area contributed by atoms with Crippen LogP contribution in [0.25, 0.3) is 0 Å². The average molecular weight is 427 g/mol. The van der Waals surface area contributed by atoms with Gasteiger partial charge in [0, 0.05) is 24.6 Å². The normalized spacial score (nSPS) is 15.5. The lowest BCUT2D eigenvalue weighted by molar-refractivity contribution is -0.129. The number of ether oxygens (including phenoxy) is 3. The van der Waals surface area contributed by atoms with Crippen LogP contribution in [-0.4, -0.2) is 56.7 Å². The summed E-state index contributed by atoms with van der Waals surface area (Å²) in [6.07, 6.45) is 0.905. The first-order valence-electron chi connectivity index (χ1n) is 10.6. The quantitative estimate of drug-likeness (QED) is 0.666. The summed E-state index contributed by atoms with van der Waals surface area (Å²) < 4.78 is 16.3. The molecule has 1 N–H and O–H groups in total. The second-order valence-electron chi connectivity index (χ2n) is 7.31. The van der Waals surface area contributed by atoms with Gasteiger partial charge >= 0.3 is 0 Å². The molecule has 1 atom stereocenters. The van der Waals surface area contributed by atoms with E-state index in [1.807, 2.05) is 38.1 Å². The molecule has 31 heavy (non-hydrogen) atoms. The van der Waals surface area contributed by atoms with Crippen LogP contribution in [0, 0.1) is 0 Å². The number of nitrogens with one attached hydrogen (secondary N) is 1. The predicted molar refractivity (Wildman–Crippen MR) is 118 cm³/mol. The van der Waals surface area contributed by atoms with Crippen LogP contribution in [0.5, 0.6) is 17.2 Å². The maximum Gasteiger partial charge on any atom is 0.251 e. The molecular formula is C24H30N2O5. The molecule has 3 rings (SSSR count). The Kier molecular flexibility index (Phi) is 7.76. The van der Waals surface area contributed by atoms with Crippen LogP contribution in [0.3, 0.4) is 0 Å². The Bertz CT molecular complexity index is 897. The van der Waals surface area contributed by atoms with Gasteiger partial charge in [0.25, 0.3) is 5.91 Å². The Labute approximate surface area is 183 Å². The van der Waals surface area contributed by atoms with Gasteiger partial charge in [-0.2, -0.15) is 0 Å². The van der Waals surface area contributed by atoms with E-state index in [1.54, 1.807) is 30.2 Å². The zero-order chi connectivity index (χ0) is 22.2. The van der Waals surface area contributed by atoms with E-state index >= 15 is 0 Å². The number of amides is 2. The highest BCUT2D eigenvalue weighted by Crippen LogP contribution is 2.29. The van der Waals surface area contributed by atoms with Gasteiger partial charge in [0.15, 0.2) is 11.5 Å². The Balaban J connectivity index is 1.54. The van der Waals surface area contributed by atoms with Gasteiger partial charge in [0.05, 0.1) is 26.9 Å². The van der Waals surface area contributed by atoms with Crippen molar-refractivity contribution in [1.82, 2.24) is 10.2 Å². The maximum absolute atomic E-state index is 12.6. The predicted octanol–water partition coefficient (Wildman–Crippen LogP) is 3.24. The van der Waals surface area contributed by atoms with Crippen molar-refractivity contribution < 1.29 is 23.8 Å². The molecular weight excluding hydrogens is 396 g/mol. The minimum Gasteiger partial charge on any atom is -0.497 e. The smallest absolute Gasteiger partial charge is 0.251 e. The summed E-state index contributed by atoms with van der Waals surface area (Å²) in [7, 11) is 1.64. The molecule has 7 heteroatoms. The molecule has 2 amide bonds. The Morgan fingerprint density at radius 2 is 1.74 bits per heavy atom. The van der Waals surface area contributed by atoms with Crippen LogP contribution < -0.4 is 19.5 Å². The van der Waals surface area contributed by atoms with E-state index in [1.165, 1.54) is 5.56 Å². The number of benzene rings is 2. The van der Waals surface area contributed by atoms with Gasteiger partial charge in [-0.15, -0.1) is 0 Å². The monoisotopic (exact) mass is 426 g/mol. The highest BCUT2D eigenvalue weighted by Gasteiger charge is 2.27. The van der Waals surface area contributed by atoms with E-state index in [0.29, 0.717) is 49.3 Å². The molecule has 0 saturated carbocycles. The summed E-state index contributed by atoms with van der Waals surface area (Å²) >= 11 is 0. The maximum atomic E-state index is 12.6. The van der Waals surface area contributed by atoms with Crippen LogP contribution >= 0.6 is 0 Å². The summed E-state index contributed by atoms with van der Waals surface area (Å²) in [4.78, 5) is 27.0. The molecule has 0 bridgehead atoms. The molecule has 0 spiro atoms. The summed E-state index contributed by atoms with van der Waals surface area (Å²) in [5.41, 5.74) is 1.62. The molecule has 7 nitrogen and oxygen atoms in total. The van der Waals surface area contributed by atoms with Crippen molar-refractivity contribution in [3.05, 3.63) is 53.6 Å². The fraction of sp³-hybridized carbons (Fsp3) is 0.417. The van der Waals surface area contributed by atoms with Gasteiger partial charge in [-0.3, -0.25) is 9.59 Å². The fourth-order valence-electron chi connectivity index (χ4n) is 3.70. The highest BCUT2D eigenvalue weighted by atomic mass is 16.5. The molecule has 0 aromatic heterocycles. The second kappa shape index (κ2) is 10.7. The molecule has 1 unspecified atom stereocenters. The van der Waals surface area contributed by atoms with E-state index in [9.17, 15) is 9.59 Å². The number of methoxy groups -OCH3 is 1. The Hall–Kier alpha value is -3.22. The van der Waals surface area contributed by atoms with Crippen molar-refractivity contribution >= 4 is 11.8 Å². The van der Waals surface area contributed by atoms with E-state index in [0.717, 1.165) is 12.2 Å². The highest BCUT2D eigenvalue weighted by molar-refractivity contribution is 5.97. The first-order valence-corrected chi connectivity index (χ1v) is 10.6. The molecule has 1 saturated heterocycles. The van der Waals surface area contributed by atoms with Gasteiger partial charge in [-0.1, -0.05) is 12.1 Å². The van der Waals surface area contributed by atoms with Crippen LogP contribution in [0.2, 0.25) is 0 Å². The van der Waals surface area contributed by atoms with E-state index in [2.05, 4.69) is 5.32 Å². The number of carbonyl (C=O) groups excluding carboxylic acids is 2. The summed E-state index contributed by atoms with van der Waals surface area (Å²) in [6.45, 7) is 6.03. The van der Waals surface area contributed by atoms with Gasteiger partial charge in [0.2, 0.25) is 5.91 Å². The fourth-order valence-corrected chi connectivity index (χ4v) is 3.70. The van der Waals surface area contributed by atoms with Crippen molar-refractivity contribution in [3.8, 4) is 17.2 Å². The van der Waals surface area contributed by atoms with Gasteiger partial charge < -0.3 is 24.4 Å². The van der Waals surface area contributed by atoms with Crippen molar-refractivity contribution in [2.75, 3.05) is 40.0 Å². The Morgan fingerprint density at radius 1 is 1.03 bits per heavy atom. The molecule has 166 valence electrons. The molecule has 2 aromatic rings. The average Bonchev–Trinajstić information content (AvgIpc) is 3.29. The van der Waals surface area contributed by atoms with Crippen molar-refractivity contribution in [2.45, 2.75) is 26.2 Å². The number of likely N-dealkylation sites (tertiary alicyclic amines) is 1. The molecule has 1 aliphatic rings. The minimum atomic E-state index is -0.316. The van der Waals surface area contributed by atoms with E-state index in [4.69, 9.17) is 14.2 Å². The lowest BCUT2D eigenvalue weighted by Gasteiger charge is -2.17. The first-order chi connectivity index (χ1) is 15.0. The summed E-state index contributed by atoms with van der Waals surface area (Å²) in [5, 5.41) is 2.72. The molecule has 0 aliphatic carbocycles. The van der Waals surface area contributed by atoms with Crippen LogP contribution in [0.1, 0.15) is 42.1 Å². The van der Waals surface area contributed by atoms with E-state index < -0.39 is 0 Å². The van der Waals surface area contributed by atoms with Crippen molar-refractivity contribution in [2.24, 2.45) is 0 Å². The van der Waals surface area contributed by atoms with Gasteiger partial charge in [-0.05, 0) is 56.2 Å². The summed E-state index contributed by atoms with van der Waals surface area (Å²) in [5.74, 6) is 1.83. The summed E-state index contributed by atoms with van der Waals surface area (Å²) in [6, 6.07) is 13.0. The topological polar surface area (TPSA) is 77.1 Å². The second-order valence-corrected chi connectivity index (χ2v) is 7.31. The molecule has 1 aliphatic heterocycles. The van der Waals surface area contributed by atoms with Crippen molar-refractivity contribution in [1.29, 1.82) is 0 Å². The molecule has 0 radical (unpaired) electrons. The van der Waals surface area contributed by atoms with Gasteiger partial charge in [0.1, 0.15) is 5.75 Å². The zero-order valence-corrected chi connectivity index (χ0v) is 18.3. The zero-order valence-electron chi connectivity index (χ0n) is 18.3. The number of hydrogen-bond acceptors (Lipinski definition) is 5.